The fourth-order valence-electron chi connectivity index (χ4n) is 2.05. The quantitative estimate of drug-likeness (QED) is 0.747. The molecular weight excluding hydrogens is 341 g/mol. The summed E-state index contributed by atoms with van der Waals surface area (Å²) in [7, 11) is 1.80. The number of hydrogen-bond acceptors (Lipinski definition) is 3. The Bertz CT molecular complexity index is 765. The number of rotatable bonds is 2. The molecule has 0 aliphatic carbocycles. The van der Waals surface area contributed by atoms with Gasteiger partial charge >= 0.3 is 0 Å². The molecule has 0 radical (unpaired) electrons. The Hall–Kier alpha value is -1.66. The van der Waals surface area contributed by atoms with E-state index in [2.05, 4.69) is 21.0 Å². The zero-order valence-electron chi connectivity index (χ0n) is 10.6. The molecule has 2 aromatic heterocycles. The summed E-state index contributed by atoms with van der Waals surface area (Å²) in [6, 6.07) is 8.81. The molecule has 20 heavy (non-hydrogen) atoms. The van der Waals surface area contributed by atoms with Crippen LogP contribution in [0.3, 0.4) is 0 Å². The van der Waals surface area contributed by atoms with Gasteiger partial charge in [-0.2, -0.15) is 5.10 Å². The van der Waals surface area contributed by atoms with Gasteiger partial charge in [-0.1, -0.05) is 6.07 Å². The Morgan fingerprint density at radius 2 is 2.15 bits per heavy atom. The van der Waals surface area contributed by atoms with Crippen LogP contribution >= 0.6 is 27.3 Å². The number of nitrogen functional groups attached to an aromatic ring is 1. The van der Waals surface area contributed by atoms with E-state index in [0.29, 0.717) is 10.3 Å². The summed E-state index contributed by atoms with van der Waals surface area (Å²) in [6.45, 7) is 0. The number of hydrogen-bond donors (Lipinski definition) is 1. The van der Waals surface area contributed by atoms with Crippen molar-refractivity contribution in [1.29, 1.82) is 0 Å². The van der Waals surface area contributed by atoms with Crippen molar-refractivity contribution in [1.82, 2.24) is 9.78 Å². The van der Waals surface area contributed by atoms with Gasteiger partial charge in [-0.3, -0.25) is 4.68 Å². The zero-order chi connectivity index (χ0) is 14.3. The van der Waals surface area contributed by atoms with E-state index in [1.807, 2.05) is 17.5 Å². The lowest BCUT2D eigenvalue weighted by molar-refractivity contribution is 0.621. The fraction of sp³-hybridized carbons (Fsp3) is 0.0714. The van der Waals surface area contributed by atoms with E-state index >= 15 is 0 Å². The van der Waals surface area contributed by atoms with Gasteiger partial charge < -0.3 is 5.73 Å². The monoisotopic (exact) mass is 351 g/mol. The van der Waals surface area contributed by atoms with Gasteiger partial charge in [0.25, 0.3) is 0 Å². The summed E-state index contributed by atoms with van der Waals surface area (Å²) < 4.78 is 15.4. The van der Waals surface area contributed by atoms with E-state index < -0.39 is 0 Å². The van der Waals surface area contributed by atoms with Crippen LogP contribution in [-0.2, 0) is 7.05 Å². The highest BCUT2D eigenvalue weighted by Gasteiger charge is 2.18. The molecule has 0 fully saturated rings. The second-order valence-electron chi connectivity index (χ2n) is 4.34. The van der Waals surface area contributed by atoms with Crippen LogP contribution in [0, 0.1) is 5.82 Å². The van der Waals surface area contributed by atoms with E-state index in [-0.39, 0.29) is 5.82 Å². The second kappa shape index (κ2) is 5.03. The SMILES string of the molecule is Cn1nc(-c2ccc(F)c(Br)c2)c(-c2cccs2)c1N. The van der Waals surface area contributed by atoms with Gasteiger partial charge in [0.1, 0.15) is 17.3 Å². The van der Waals surface area contributed by atoms with Crippen molar-refractivity contribution in [3.63, 3.8) is 0 Å². The maximum absolute atomic E-state index is 13.4. The molecule has 3 nitrogen and oxygen atoms in total. The van der Waals surface area contributed by atoms with Crippen LogP contribution in [0.4, 0.5) is 10.2 Å². The Labute approximate surface area is 128 Å². The molecule has 0 spiro atoms. The molecule has 0 bridgehead atoms. The number of halogens is 2. The molecule has 6 heteroatoms. The van der Waals surface area contributed by atoms with Crippen LogP contribution in [0.25, 0.3) is 21.7 Å². The molecule has 0 saturated carbocycles. The van der Waals surface area contributed by atoms with Crippen molar-refractivity contribution in [2.45, 2.75) is 0 Å². The first-order chi connectivity index (χ1) is 9.58. The van der Waals surface area contributed by atoms with Gasteiger partial charge in [-0.15, -0.1) is 11.3 Å². The highest BCUT2D eigenvalue weighted by molar-refractivity contribution is 9.10. The van der Waals surface area contributed by atoms with E-state index in [9.17, 15) is 4.39 Å². The molecule has 0 atom stereocenters. The third kappa shape index (κ3) is 2.14. The molecular formula is C14H11BrFN3S. The van der Waals surface area contributed by atoms with Gasteiger partial charge in [0.15, 0.2) is 0 Å². The maximum atomic E-state index is 13.4. The number of thiophene rings is 1. The standard InChI is InChI=1S/C14H11BrFN3S/c1-19-14(17)12(11-3-2-6-20-11)13(18-19)8-4-5-10(16)9(15)7-8/h2-7H,17H2,1H3. The minimum Gasteiger partial charge on any atom is -0.383 e. The van der Waals surface area contributed by atoms with Crippen molar-refractivity contribution >= 4 is 33.1 Å². The summed E-state index contributed by atoms with van der Waals surface area (Å²) >= 11 is 4.80. The van der Waals surface area contributed by atoms with Crippen LogP contribution in [-0.4, -0.2) is 9.78 Å². The molecule has 3 aromatic rings. The van der Waals surface area contributed by atoms with Gasteiger partial charge in [-0.25, -0.2) is 4.39 Å². The van der Waals surface area contributed by atoms with E-state index in [0.717, 1.165) is 21.7 Å². The van der Waals surface area contributed by atoms with Gasteiger partial charge in [-0.05, 0) is 45.6 Å². The number of nitrogens with two attached hydrogens (primary N) is 1. The van der Waals surface area contributed by atoms with Gasteiger partial charge in [0, 0.05) is 17.5 Å². The number of aryl methyl sites for hydroxylation is 1. The summed E-state index contributed by atoms with van der Waals surface area (Å²) in [6.07, 6.45) is 0. The van der Waals surface area contributed by atoms with Crippen molar-refractivity contribution in [3.8, 4) is 21.7 Å². The molecule has 102 valence electrons. The molecule has 0 saturated heterocycles. The molecule has 2 N–H and O–H groups in total. The summed E-state index contributed by atoms with van der Waals surface area (Å²) in [4.78, 5) is 1.05. The molecule has 0 aliphatic rings. The van der Waals surface area contributed by atoms with Crippen molar-refractivity contribution in [2.75, 3.05) is 5.73 Å². The lowest BCUT2D eigenvalue weighted by Gasteiger charge is -2.03. The average molecular weight is 352 g/mol. The Morgan fingerprint density at radius 1 is 1.35 bits per heavy atom. The second-order valence-corrected chi connectivity index (χ2v) is 6.14. The van der Waals surface area contributed by atoms with Crippen molar-refractivity contribution in [2.24, 2.45) is 7.05 Å². The third-order valence-electron chi connectivity index (χ3n) is 3.05. The normalized spacial score (nSPS) is 10.9. The maximum Gasteiger partial charge on any atom is 0.137 e. The molecule has 3 rings (SSSR count). The predicted molar refractivity (Wildman–Crippen MR) is 84.0 cm³/mol. The Kier molecular flexibility index (Phi) is 3.35. The van der Waals surface area contributed by atoms with E-state index in [1.54, 1.807) is 35.2 Å². The topological polar surface area (TPSA) is 43.8 Å². The van der Waals surface area contributed by atoms with Crippen LogP contribution < -0.4 is 5.73 Å². The summed E-state index contributed by atoms with van der Waals surface area (Å²) in [5.41, 5.74) is 8.60. The molecule has 0 aliphatic heterocycles. The van der Waals surface area contributed by atoms with Crippen molar-refractivity contribution < 1.29 is 4.39 Å². The Morgan fingerprint density at radius 3 is 2.80 bits per heavy atom. The number of aromatic nitrogens is 2. The number of anilines is 1. The first-order valence-corrected chi connectivity index (χ1v) is 7.57. The van der Waals surface area contributed by atoms with Gasteiger partial charge in [0.2, 0.25) is 0 Å². The number of nitrogens with zero attached hydrogens (tertiary/aromatic N) is 2. The highest BCUT2D eigenvalue weighted by atomic mass is 79.9. The lowest BCUT2D eigenvalue weighted by Crippen LogP contribution is -1.97. The fourth-order valence-corrected chi connectivity index (χ4v) is 3.20. The highest BCUT2D eigenvalue weighted by Crippen LogP contribution is 2.38. The molecule has 0 unspecified atom stereocenters. The van der Waals surface area contributed by atoms with Crippen molar-refractivity contribution in [3.05, 3.63) is 46.0 Å². The predicted octanol–water partition coefficient (Wildman–Crippen LogP) is 4.30. The lowest BCUT2D eigenvalue weighted by atomic mass is 10.1. The summed E-state index contributed by atoms with van der Waals surface area (Å²) in [5, 5.41) is 6.45. The third-order valence-corrected chi connectivity index (χ3v) is 4.55. The van der Waals surface area contributed by atoms with Crippen LogP contribution in [0.2, 0.25) is 0 Å². The number of benzene rings is 1. The van der Waals surface area contributed by atoms with Crippen LogP contribution in [0.5, 0.6) is 0 Å². The average Bonchev–Trinajstić information content (AvgIpc) is 3.03. The first-order valence-electron chi connectivity index (χ1n) is 5.89. The van der Waals surface area contributed by atoms with E-state index in [4.69, 9.17) is 5.73 Å². The van der Waals surface area contributed by atoms with Crippen LogP contribution in [0.1, 0.15) is 0 Å². The van der Waals surface area contributed by atoms with Gasteiger partial charge in [0.05, 0.1) is 10.0 Å². The smallest absolute Gasteiger partial charge is 0.137 e. The molecule has 2 heterocycles. The molecule has 1 aromatic carbocycles. The van der Waals surface area contributed by atoms with Crippen LogP contribution in [0.15, 0.2) is 40.2 Å². The minimum atomic E-state index is -0.296. The van der Waals surface area contributed by atoms with E-state index in [1.165, 1.54) is 6.07 Å². The largest absolute Gasteiger partial charge is 0.383 e. The Balaban J connectivity index is 2.24. The summed E-state index contributed by atoms with van der Waals surface area (Å²) in [5.74, 6) is 0.304. The first kappa shape index (κ1) is 13.3. The zero-order valence-corrected chi connectivity index (χ0v) is 13.0. The minimum absolute atomic E-state index is 0.296. The molecule has 0 amide bonds.